The van der Waals surface area contributed by atoms with Gasteiger partial charge in [-0.15, -0.1) is 10.2 Å². The summed E-state index contributed by atoms with van der Waals surface area (Å²) in [5.74, 6) is 1.48. The van der Waals surface area contributed by atoms with E-state index in [-0.39, 0.29) is 0 Å². The molecule has 0 atom stereocenters. The van der Waals surface area contributed by atoms with E-state index in [4.69, 9.17) is 9.72 Å². The van der Waals surface area contributed by atoms with Crippen molar-refractivity contribution in [2.45, 2.75) is 13.8 Å². The monoisotopic (exact) mass is 325 g/mol. The van der Waals surface area contributed by atoms with E-state index in [0.29, 0.717) is 19.2 Å². The zero-order valence-corrected chi connectivity index (χ0v) is 13.7. The van der Waals surface area contributed by atoms with Crippen molar-refractivity contribution < 1.29 is 4.74 Å². The quantitative estimate of drug-likeness (QED) is 0.785. The Morgan fingerprint density at radius 2 is 2.00 bits per heavy atom. The first-order valence-electron chi connectivity index (χ1n) is 7.96. The van der Waals surface area contributed by atoms with Gasteiger partial charge in [0.05, 0.1) is 30.8 Å². The van der Waals surface area contributed by atoms with E-state index < -0.39 is 0 Å². The minimum absolute atomic E-state index is 0.690. The van der Waals surface area contributed by atoms with Crippen molar-refractivity contribution in [3.05, 3.63) is 36.0 Å². The summed E-state index contributed by atoms with van der Waals surface area (Å²) in [5, 5.41) is 12.0. The highest BCUT2D eigenvalue weighted by Gasteiger charge is 2.22. The SMILES string of the molecule is Cc1nc(Nc2cccnc2)n2c(C)nnc2c1N1CCOCC1. The van der Waals surface area contributed by atoms with Crippen LogP contribution in [0.3, 0.4) is 0 Å². The third-order valence-corrected chi connectivity index (χ3v) is 4.11. The smallest absolute Gasteiger partial charge is 0.215 e. The van der Waals surface area contributed by atoms with Gasteiger partial charge in [-0.05, 0) is 26.0 Å². The van der Waals surface area contributed by atoms with Gasteiger partial charge in [-0.25, -0.2) is 9.38 Å². The summed E-state index contributed by atoms with van der Waals surface area (Å²) >= 11 is 0. The molecule has 24 heavy (non-hydrogen) atoms. The van der Waals surface area contributed by atoms with E-state index in [9.17, 15) is 0 Å². The number of ether oxygens (including phenoxy) is 1. The molecule has 4 rings (SSSR count). The van der Waals surface area contributed by atoms with Crippen LogP contribution >= 0.6 is 0 Å². The summed E-state index contributed by atoms with van der Waals surface area (Å²) in [5.41, 5.74) is 3.63. The Morgan fingerprint density at radius 3 is 2.75 bits per heavy atom. The molecule has 0 amide bonds. The number of nitrogens with zero attached hydrogens (tertiary/aromatic N) is 6. The van der Waals surface area contributed by atoms with Crippen molar-refractivity contribution >= 4 is 23.0 Å². The molecule has 124 valence electrons. The van der Waals surface area contributed by atoms with Crippen LogP contribution in [0.15, 0.2) is 24.5 Å². The maximum Gasteiger partial charge on any atom is 0.215 e. The molecule has 0 unspecified atom stereocenters. The second-order valence-corrected chi connectivity index (χ2v) is 5.74. The molecule has 0 aromatic carbocycles. The van der Waals surface area contributed by atoms with Gasteiger partial charge < -0.3 is 15.0 Å². The Morgan fingerprint density at radius 1 is 1.17 bits per heavy atom. The minimum Gasteiger partial charge on any atom is -0.378 e. The molecule has 4 heterocycles. The highest BCUT2D eigenvalue weighted by molar-refractivity contribution is 5.74. The van der Waals surface area contributed by atoms with Gasteiger partial charge in [0.2, 0.25) is 5.95 Å². The van der Waals surface area contributed by atoms with Crippen LogP contribution in [0.1, 0.15) is 11.5 Å². The predicted molar refractivity (Wildman–Crippen MR) is 90.8 cm³/mol. The lowest BCUT2D eigenvalue weighted by molar-refractivity contribution is 0.122. The Bertz CT molecular complexity index is 856. The second kappa shape index (κ2) is 6.04. The van der Waals surface area contributed by atoms with Crippen molar-refractivity contribution in [3.8, 4) is 0 Å². The number of pyridine rings is 1. The zero-order chi connectivity index (χ0) is 16.5. The molecular formula is C16H19N7O. The molecule has 0 saturated carbocycles. The van der Waals surface area contributed by atoms with Gasteiger partial charge in [-0.1, -0.05) is 0 Å². The molecule has 1 aliphatic rings. The number of aromatic nitrogens is 5. The maximum atomic E-state index is 5.46. The van der Waals surface area contributed by atoms with Gasteiger partial charge >= 0.3 is 0 Å². The highest BCUT2D eigenvalue weighted by atomic mass is 16.5. The largest absolute Gasteiger partial charge is 0.378 e. The Balaban J connectivity index is 1.83. The van der Waals surface area contributed by atoms with E-state index in [1.165, 1.54) is 0 Å². The van der Waals surface area contributed by atoms with E-state index in [0.717, 1.165) is 41.6 Å². The number of morpholine rings is 1. The van der Waals surface area contributed by atoms with Crippen LogP contribution in [0.5, 0.6) is 0 Å². The number of fused-ring (bicyclic) bond motifs is 1. The van der Waals surface area contributed by atoms with Gasteiger partial charge in [0.15, 0.2) is 5.65 Å². The van der Waals surface area contributed by atoms with Gasteiger partial charge in [0.1, 0.15) is 11.5 Å². The van der Waals surface area contributed by atoms with Crippen LogP contribution < -0.4 is 10.2 Å². The summed E-state index contributed by atoms with van der Waals surface area (Å²) in [4.78, 5) is 11.2. The number of anilines is 3. The first kappa shape index (κ1) is 14.8. The lowest BCUT2D eigenvalue weighted by Crippen LogP contribution is -2.37. The lowest BCUT2D eigenvalue weighted by Gasteiger charge is -2.30. The van der Waals surface area contributed by atoms with Crippen molar-refractivity contribution in [2.75, 3.05) is 36.5 Å². The molecule has 1 fully saturated rings. The van der Waals surface area contributed by atoms with Gasteiger partial charge in [0, 0.05) is 19.3 Å². The van der Waals surface area contributed by atoms with Crippen molar-refractivity contribution in [1.29, 1.82) is 0 Å². The summed E-state index contributed by atoms with van der Waals surface area (Å²) in [6.45, 7) is 7.03. The van der Waals surface area contributed by atoms with E-state index in [2.05, 4.69) is 25.4 Å². The molecule has 0 radical (unpaired) electrons. The van der Waals surface area contributed by atoms with Gasteiger partial charge in [-0.2, -0.15) is 0 Å². The molecule has 1 aliphatic heterocycles. The fourth-order valence-electron chi connectivity index (χ4n) is 3.00. The van der Waals surface area contributed by atoms with Gasteiger partial charge in [0.25, 0.3) is 0 Å². The number of aryl methyl sites for hydroxylation is 2. The van der Waals surface area contributed by atoms with Gasteiger partial charge in [-0.3, -0.25) is 4.98 Å². The fraction of sp³-hybridized carbons (Fsp3) is 0.375. The van der Waals surface area contributed by atoms with Crippen LogP contribution in [0, 0.1) is 13.8 Å². The van der Waals surface area contributed by atoms with E-state index >= 15 is 0 Å². The first-order chi connectivity index (χ1) is 11.7. The average molecular weight is 325 g/mol. The molecule has 1 saturated heterocycles. The highest BCUT2D eigenvalue weighted by Crippen LogP contribution is 2.28. The lowest BCUT2D eigenvalue weighted by atomic mass is 10.3. The van der Waals surface area contributed by atoms with Crippen molar-refractivity contribution in [2.24, 2.45) is 0 Å². The van der Waals surface area contributed by atoms with Crippen molar-refractivity contribution in [1.82, 2.24) is 24.6 Å². The van der Waals surface area contributed by atoms with E-state index in [1.54, 1.807) is 12.4 Å². The average Bonchev–Trinajstić information content (AvgIpc) is 2.98. The predicted octanol–water partition coefficient (Wildman–Crippen LogP) is 1.72. The number of hydrogen-bond donors (Lipinski definition) is 1. The number of hydrogen-bond acceptors (Lipinski definition) is 7. The summed E-state index contributed by atoms with van der Waals surface area (Å²) < 4.78 is 7.41. The molecule has 1 N–H and O–H groups in total. The third-order valence-electron chi connectivity index (χ3n) is 4.11. The third kappa shape index (κ3) is 2.54. The Kier molecular flexibility index (Phi) is 3.73. The van der Waals surface area contributed by atoms with Crippen molar-refractivity contribution in [3.63, 3.8) is 0 Å². The molecule has 3 aromatic heterocycles. The van der Waals surface area contributed by atoms with Crippen LogP contribution in [0.25, 0.3) is 5.65 Å². The standard InChI is InChI=1S/C16H19N7O/c1-11-14(22-6-8-24-9-7-22)15-21-20-12(2)23(15)16(18-11)19-13-4-3-5-17-10-13/h3-5,10H,6-9H2,1-2H3,(H,18,19). The topological polar surface area (TPSA) is 80.5 Å². The summed E-state index contributed by atoms with van der Waals surface area (Å²) in [6, 6.07) is 3.83. The van der Waals surface area contributed by atoms with Crippen LogP contribution in [-0.2, 0) is 4.74 Å². The molecule has 0 bridgehead atoms. The molecule has 3 aromatic rings. The Hall–Kier alpha value is -2.74. The zero-order valence-electron chi connectivity index (χ0n) is 13.7. The van der Waals surface area contributed by atoms with Crippen LogP contribution in [-0.4, -0.2) is 50.9 Å². The number of rotatable bonds is 3. The summed E-state index contributed by atoms with van der Waals surface area (Å²) in [7, 11) is 0. The van der Waals surface area contributed by atoms with Crippen LogP contribution in [0.4, 0.5) is 17.3 Å². The molecule has 0 aliphatic carbocycles. The molecular weight excluding hydrogens is 306 g/mol. The van der Waals surface area contributed by atoms with E-state index in [1.807, 2.05) is 30.4 Å². The molecule has 8 nitrogen and oxygen atoms in total. The van der Waals surface area contributed by atoms with Crippen LogP contribution in [0.2, 0.25) is 0 Å². The second-order valence-electron chi connectivity index (χ2n) is 5.74. The first-order valence-corrected chi connectivity index (χ1v) is 7.96. The number of nitrogens with one attached hydrogen (secondary N) is 1. The molecule has 0 spiro atoms. The minimum atomic E-state index is 0.690. The maximum absolute atomic E-state index is 5.46. The normalized spacial score (nSPS) is 15.0. The molecule has 8 heteroatoms. The fourth-order valence-corrected chi connectivity index (χ4v) is 3.00. The Labute approximate surface area is 139 Å². The summed E-state index contributed by atoms with van der Waals surface area (Å²) in [6.07, 6.45) is 3.50.